The van der Waals surface area contributed by atoms with Crippen LogP contribution in [-0.2, 0) is 9.53 Å². The SMILES string of the molecule is CCOC(=O)N1CCN([C@H](C)C(=O)Nc2ccc(Cl)cn2)CC1. The number of amides is 2. The Kier molecular flexibility index (Phi) is 6.18. The summed E-state index contributed by atoms with van der Waals surface area (Å²) in [7, 11) is 0. The Morgan fingerprint density at radius 3 is 2.61 bits per heavy atom. The fourth-order valence-electron chi connectivity index (χ4n) is 2.35. The van der Waals surface area contributed by atoms with Gasteiger partial charge in [0.2, 0.25) is 5.91 Å². The van der Waals surface area contributed by atoms with Crippen LogP contribution in [0.5, 0.6) is 0 Å². The van der Waals surface area contributed by atoms with Gasteiger partial charge < -0.3 is 15.0 Å². The molecule has 7 nitrogen and oxygen atoms in total. The van der Waals surface area contributed by atoms with E-state index in [9.17, 15) is 9.59 Å². The summed E-state index contributed by atoms with van der Waals surface area (Å²) in [5, 5.41) is 3.28. The van der Waals surface area contributed by atoms with Gasteiger partial charge in [-0.2, -0.15) is 0 Å². The highest BCUT2D eigenvalue weighted by Gasteiger charge is 2.28. The van der Waals surface area contributed by atoms with Gasteiger partial charge in [-0.05, 0) is 26.0 Å². The Hall–Kier alpha value is -1.86. The van der Waals surface area contributed by atoms with Crippen LogP contribution in [0.1, 0.15) is 13.8 Å². The van der Waals surface area contributed by atoms with Gasteiger partial charge in [-0.15, -0.1) is 0 Å². The minimum absolute atomic E-state index is 0.135. The fraction of sp³-hybridized carbons (Fsp3) is 0.533. The van der Waals surface area contributed by atoms with Crippen LogP contribution in [0.4, 0.5) is 10.6 Å². The fourth-order valence-corrected chi connectivity index (χ4v) is 2.46. The lowest BCUT2D eigenvalue weighted by atomic mass is 10.2. The summed E-state index contributed by atoms with van der Waals surface area (Å²) in [6.07, 6.45) is 1.19. The maximum Gasteiger partial charge on any atom is 0.409 e. The minimum atomic E-state index is -0.308. The van der Waals surface area contributed by atoms with E-state index in [1.807, 2.05) is 11.8 Å². The molecule has 0 bridgehead atoms. The van der Waals surface area contributed by atoms with Crippen LogP contribution in [0.2, 0.25) is 5.02 Å². The van der Waals surface area contributed by atoms with Gasteiger partial charge in [0.05, 0.1) is 17.7 Å². The predicted octanol–water partition coefficient (Wildman–Crippen LogP) is 1.84. The molecule has 126 valence electrons. The molecule has 1 atom stereocenters. The second kappa shape index (κ2) is 8.12. The second-order valence-corrected chi connectivity index (χ2v) is 5.69. The number of nitrogens with zero attached hydrogens (tertiary/aromatic N) is 3. The van der Waals surface area contributed by atoms with E-state index in [0.29, 0.717) is 43.6 Å². The summed E-state index contributed by atoms with van der Waals surface area (Å²) in [5.41, 5.74) is 0. The molecule has 1 aromatic heterocycles. The van der Waals surface area contributed by atoms with Crippen molar-refractivity contribution in [3.8, 4) is 0 Å². The second-order valence-electron chi connectivity index (χ2n) is 5.25. The van der Waals surface area contributed by atoms with Crippen molar-refractivity contribution in [1.29, 1.82) is 0 Å². The molecule has 23 heavy (non-hydrogen) atoms. The average Bonchev–Trinajstić information content (AvgIpc) is 2.56. The van der Waals surface area contributed by atoms with Crippen LogP contribution < -0.4 is 5.32 Å². The van der Waals surface area contributed by atoms with E-state index >= 15 is 0 Å². The third-order valence-corrected chi connectivity index (χ3v) is 3.97. The number of halogens is 1. The number of ether oxygens (including phenoxy) is 1. The molecule has 2 rings (SSSR count). The molecule has 0 aliphatic carbocycles. The van der Waals surface area contributed by atoms with Gasteiger partial charge in [0.25, 0.3) is 0 Å². The summed E-state index contributed by atoms with van der Waals surface area (Å²) in [4.78, 5) is 31.7. The van der Waals surface area contributed by atoms with Crippen LogP contribution in [0, 0.1) is 0 Å². The lowest BCUT2D eigenvalue weighted by Gasteiger charge is -2.36. The third kappa shape index (κ3) is 4.80. The Balaban J connectivity index is 1.84. The molecule has 0 radical (unpaired) electrons. The molecule has 0 aromatic carbocycles. The first-order chi connectivity index (χ1) is 11.0. The number of aromatic nitrogens is 1. The van der Waals surface area contributed by atoms with E-state index in [4.69, 9.17) is 16.3 Å². The number of nitrogens with one attached hydrogen (secondary N) is 1. The number of pyridine rings is 1. The van der Waals surface area contributed by atoms with Crippen molar-refractivity contribution in [2.75, 3.05) is 38.1 Å². The molecule has 1 aliphatic heterocycles. The standard InChI is InChI=1S/C15H21ClN4O3/c1-3-23-15(22)20-8-6-19(7-9-20)11(2)14(21)18-13-5-4-12(16)10-17-13/h4-5,10-11H,3,6-9H2,1-2H3,(H,17,18,21)/t11-/m1/s1. The van der Waals surface area contributed by atoms with E-state index in [0.717, 1.165) is 0 Å². The topological polar surface area (TPSA) is 74.8 Å². The predicted molar refractivity (Wildman–Crippen MR) is 87.5 cm³/mol. The summed E-state index contributed by atoms with van der Waals surface area (Å²) in [6.45, 7) is 6.34. The quantitative estimate of drug-likeness (QED) is 0.905. The van der Waals surface area contributed by atoms with Gasteiger partial charge in [-0.1, -0.05) is 11.6 Å². The third-order valence-electron chi connectivity index (χ3n) is 3.75. The molecule has 1 aliphatic rings. The van der Waals surface area contributed by atoms with Crippen LogP contribution in [-0.4, -0.2) is 65.6 Å². The van der Waals surface area contributed by atoms with Crippen molar-refractivity contribution < 1.29 is 14.3 Å². The summed E-state index contributed by atoms with van der Waals surface area (Å²) in [5.74, 6) is 0.334. The van der Waals surface area contributed by atoms with E-state index in [1.165, 1.54) is 6.20 Å². The van der Waals surface area contributed by atoms with Gasteiger partial charge in [0.15, 0.2) is 0 Å². The van der Waals surface area contributed by atoms with Crippen molar-refractivity contribution >= 4 is 29.4 Å². The highest BCUT2D eigenvalue weighted by atomic mass is 35.5. The zero-order valence-electron chi connectivity index (χ0n) is 13.3. The molecular weight excluding hydrogens is 320 g/mol. The van der Waals surface area contributed by atoms with E-state index in [1.54, 1.807) is 24.0 Å². The minimum Gasteiger partial charge on any atom is -0.450 e. The van der Waals surface area contributed by atoms with Gasteiger partial charge in [-0.3, -0.25) is 9.69 Å². The smallest absolute Gasteiger partial charge is 0.409 e. The maximum atomic E-state index is 12.3. The number of anilines is 1. The normalized spacial score (nSPS) is 16.7. The molecule has 8 heteroatoms. The number of hydrogen-bond donors (Lipinski definition) is 1. The van der Waals surface area contributed by atoms with Crippen molar-refractivity contribution in [2.24, 2.45) is 0 Å². The molecule has 0 saturated carbocycles. The lowest BCUT2D eigenvalue weighted by Crippen LogP contribution is -2.54. The molecule has 1 fully saturated rings. The highest BCUT2D eigenvalue weighted by molar-refractivity contribution is 6.30. The van der Waals surface area contributed by atoms with Crippen LogP contribution >= 0.6 is 11.6 Å². The largest absolute Gasteiger partial charge is 0.450 e. The zero-order chi connectivity index (χ0) is 16.8. The number of carbonyl (C=O) groups excluding carboxylic acids is 2. The van der Waals surface area contributed by atoms with Crippen molar-refractivity contribution in [2.45, 2.75) is 19.9 Å². The zero-order valence-corrected chi connectivity index (χ0v) is 14.0. The monoisotopic (exact) mass is 340 g/mol. The van der Waals surface area contributed by atoms with Gasteiger partial charge >= 0.3 is 6.09 Å². The van der Waals surface area contributed by atoms with Gasteiger partial charge in [-0.25, -0.2) is 9.78 Å². The van der Waals surface area contributed by atoms with Crippen LogP contribution in [0.3, 0.4) is 0 Å². The first-order valence-corrected chi connectivity index (χ1v) is 7.97. The molecule has 0 unspecified atom stereocenters. The molecule has 2 heterocycles. The molecule has 2 amide bonds. The highest BCUT2D eigenvalue weighted by Crippen LogP contribution is 2.12. The van der Waals surface area contributed by atoms with E-state index in [-0.39, 0.29) is 18.0 Å². The molecule has 1 N–H and O–H groups in total. The molecular formula is C15H21ClN4O3. The Bertz CT molecular complexity index is 544. The number of carbonyl (C=O) groups is 2. The summed E-state index contributed by atoms with van der Waals surface area (Å²) in [6, 6.07) is 3.02. The first kappa shape index (κ1) is 17.5. The van der Waals surface area contributed by atoms with Crippen LogP contribution in [0.15, 0.2) is 18.3 Å². The van der Waals surface area contributed by atoms with Crippen molar-refractivity contribution in [3.05, 3.63) is 23.4 Å². The summed E-state index contributed by atoms with van der Waals surface area (Å²) >= 11 is 5.77. The van der Waals surface area contributed by atoms with Crippen LogP contribution in [0.25, 0.3) is 0 Å². The summed E-state index contributed by atoms with van der Waals surface area (Å²) < 4.78 is 4.98. The van der Waals surface area contributed by atoms with Crippen molar-refractivity contribution in [1.82, 2.24) is 14.8 Å². The molecule has 0 spiro atoms. The number of hydrogen-bond acceptors (Lipinski definition) is 5. The Morgan fingerprint density at radius 1 is 1.35 bits per heavy atom. The van der Waals surface area contributed by atoms with Crippen molar-refractivity contribution in [3.63, 3.8) is 0 Å². The molecule has 1 aromatic rings. The van der Waals surface area contributed by atoms with Gasteiger partial charge in [0, 0.05) is 32.4 Å². The molecule has 1 saturated heterocycles. The average molecular weight is 341 g/mol. The van der Waals surface area contributed by atoms with E-state index in [2.05, 4.69) is 10.3 Å². The maximum absolute atomic E-state index is 12.3. The number of piperazine rings is 1. The first-order valence-electron chi connectivity index (χ1n) is 7.59. The Labute approximate surface area is 140 Å². The Morgan fingerprint density at radius 2 is 2.04 bits per heavy atom. The van der Waals surface area contributed by atoms with E-state index < -0.39 is 0 Å². The lowest BCUT2D eigenvalue weighted by molar-refractivity contribution is -0.121. The van der Waals surface area contributed by atoms with Gasteiger partial charge in [0.1, 0.15) is 5.82 Å². The number of rotatable bonds is 4.